The van der Waals surface area contributed by atoms with E-state index in [1.54, 1.807) is 22.9 Å². The largest absolute Gasteiger partial charge is 0.388 e. The normalized spacial score (nSPS) is 20.9. The number of carbonyl (C=O) groups is 1. The molecule has 0 spiro atoms. The van der Waals surface area contributed by atoms with Gasteiger partial charge in [-0.25, -0.2) is 0 Å². The molecule has 137 valence electrons. The van der Waals surface area contributed by atoms with Gasteiger partial charge in [0.15, 0.2) is 4.71 Å². The maximum absolute atomic E-state index is 12.5. The van der Waals surface area contributed by atoms with E-state index in [1.807, 2.05) is 31.2 Å². The van der Waals surface area contributed by atoms with Gasteiger partial charge in [-0.3, -0.25) is 9.69 Å². The zero-order valence-electron chi connectivity index (χ0n) is 14.2. The Kier molecular flexibility index (Phi) is 9.41. The number of aromatic nitrogens is 1. The van der Waals surface area contributed by atoms with Crippen LogP contribution in [0.15, 0.2) is 34.8 Å². The fourth-order valence-corrected chi connectivity index (χ4v) is 5.89. The summed E-state index contributed by atoms with van der Waals surface area (Å²) in [5.74, 6) is 0.784. The molecule has 26 heavy (non-hydrogen) atoms. The Hall–Kier alpha value is 0.374. The molecule has 1 fully saturated rings. The minimum atomic E-state index is -0.552. The van der Waals surface area contributed by atoms with E-state index in [0.717, 1.165) is 27.8 Å². The van der Waals surface area contributed by atoms with Crippen LogP contribution in [0.5, 0.6) is 0 Å². The predicted octanol–water partition coefficient (Wildman–Crippen LogP) is 4.54. The van der Waals surface area contributed by atoms with Crippen LogP contribution >= 0.6 is 46.5 Å². The Morgan fingerprint density at radius 1 is 1.42 bits per heavy atom. The van der Waals surface area contributed by atoms with Crippen molar-refractivity contribution in [3.63, 3.8) is 0 Å². The number of thioether (sulfide) groups is 2. The average molecular weight is 503 g/mol. The van der Waals surface area contributed by atoms with Gasteiger partial charge in [0.1, 0.15) is 0 Å². The molecule has 1 amide bonds. The number of alkyl halides is 1. The van der Waals surface area contributed by atoms with Gasteiger partial charge in [-0.05, 0) is 40.6 Å². The van der Waals surface area contributed by atoms with E-state index in [4.69, 9.17) is 11.6 Å². The van der Waals surface area contributed by atoms with Gasteiger partial charge in [-0.15, -0.1) is 23.4 Å². The number of carbonyl (C=O) groups excluding carboxylic acids is 1. The summed E-state index contributed by atoms with van der Waals surface area (Å²) in [4.78, 5) is 18.5. The number of amides is 1. The van der Waals surface area contributed by atoms with Crippen LogP contribution in [0.1, 0.15) is 31.4 Å². The van der Waals surface area contributed by atoms with Gasteiger partial charge in [0, 0.05) is 38.4 Å². The zero-order valence-corrected chi connectivity index (χ0v) is 20.2. The first kappa shape index (κ1) is 22.7. The molecule has 1 N–H and O–H groups in total. The molecule has 2 heterocycles. The quantitative estimate of drug-likeness (QED) is 0.342. The van der Waals surface area contributed by atoms with E-state index in [-0.39, 0.29) is 44.0 Å². The van der Waals surface area contributed by atoms with Crippen molar-refractivity contribution in [2.45, 2.75) is 40.3 Å². The summed E-state index contributed by atoms with van der Waals surface area (Å²) in [5, 5.41) is 12.9. The molecule has 1 aromatic heterocycles. The monoisotopic (exact) mass is 502 g/mol. The summed E-state index contributed by atoms with van der Waals surface area (Å²) in [6, 6.07) is 7.52. The van der Waals surface area contributed by atoms with Crippen molar-refractivity contribution in [2.75, 3.05) is 10.7 Å². The minimum absolute atomic E-state index is 0. The first-order valence-corrected chi connectivity index (χ1v) is 11.1. The molecule has 0 bridgehead atoms. The Morgan fingerprint density at radius 3 is 2.77 bits per heavy atom. The molecule has 0 aliphatic carbocycles. The van der Waals surface area contributed by atoms with E-state index in [9.17, 15) is 9.90 Å². The van der Waals surface area contributed by atoms with Crippen molar-refractivity contribution in [3.8, 4) is 0 Å². The Bertz CT molecular complexity index is 703. The standard InChI is InChI=1S/C17H18ClN2O2S3.Y/c1-2-13(21)11-3-5-12(6-4-11)20-14(25-15(18)16(20)22)7-9-23-17-19-8-10-24-17;/h3-6,8,13-15,21H,2,7,9H2,1H3;/q-1;. The summed E-state index contributed by atoms with van der Waals surface area (Å²) in [7, 11) is 0. The molecule has 0 saturated carbocycles. The number of aliphatic hydroxyl groups excluding tert-OH is 1. The zero-order chi connectivity index (χ0) is 17.8. The second kappa shape index (κ2) is 10.8. The maximum atomic E-state index is 12.5. The van der Waals surface area contributed by atoms with Gasteiger partial charge in [-0.2, -0.15) is 17.1 Å². The van der Waals surface area contributed by atoms with Crippen LogP contribution in [0.2, 0.25) is 0 Å². The maximum Gasteiger partial charge on any atom is 0.256 e. The average Bonchev–Trinajstić information content (AvgIpc) is 3.23. The Balaban J connectivity index is 0.00000243. The Morgan fingerprint density at radius 2 is 2.15 bits per heavy atom. The van der Waals surface area contributed by atoms with Gasteiger partial charge < -0.3 is 21.4 Å². The number of aliphatic hydroxyl groups is 1. The van der Waals surface area contributed by atoms with E-state index in [1.165, 1.54) is 23.1 Å². The second-order valence-corrected chi connectivity index (χ2v) is 9.66. The van der Waals surface area contributed by atoms with Crippen molar-refractivity contribution >= 4 is 58.1 Å². The second-order valence-electron chi connectivity index (χ2n) is 5.51. The van der Waals surface area contributed by atoms with E-state index >= 15 is 0 Å². The molecule has 1 aromatic carbocycles. The van der Waals surface area contributed by atoms with Gasteiger partial charge >= 0.3 is 0 Å². The van der Waals surface area contributed by atoms with Crippen LogP contribution in [0.25, 0.3) is 0 Å². The van der Waals surface area contributed by atoms with E-state index in [2.05, 4.69) is 10.4 Å². The third kappa shape index (κ3) is 5.46. The van der Waals surface area contributed by atoms with Crippen molar-refractivity contribution in [1.29, 1.82) is 0 Å². The molecule has 2 aromatic rings. The van der Waals surface area contributed by atoms with Crippen molar-refractivity contribution < 1.29 is 42.6 Å². The molecule has 4 nitrogen and oxygen atoms in total. The molecular weight excluding hydrogens is 485 g/mol. The van der Waals surface area contributed by atoms with E-state index < -0.39 is 10.8 Å². The van der Waals surface area contributed by atoms with E-state index in [0.29, 0.717) is 6.42 Å². The number of rotatable bonds is 7. The molecule has 1 aliphatic heterocycles. The summed E-state index contributed by atoms with van der Waals surface area (Å²) in [5.41, 5.74) is 1.69. The van der Waals surface area contributed by atoms with Crippen LogP contribution in [0.4, 0.5) is 5.69 Å². The van der Waals surface area contributed by atoms with Crippen LogP contribution in [-0.2, 0) is 37.5 Å². The molecule has 1 radical (unpaired) electrons. The SMILES string of the molecule is CCC(O)c1ccc(N2C(=O)C(Cl)SC2CCSc2nc[c-]s2)cc1.[Y]. The first-order chi connectivity index (χ1) is 12.1. The van der Waals surface area contributed by atoms with Gasteiger partial charge in [0.25, 0.3) is 5.91 Å². The molecular formula is C17H18ClN2O2S3Y-. The third-order valence-corrected chi connectivity index (χ3v) is 7.49. The van der Waals surface area contributed by atoms with Crippen molar-refractivity contribution in [3.05, 3.63) is 41.4 Å². The van der Waals surface area contributed by atoms with Crippen LogP contribution in [-0.4, -0.2) is 31.8 Å². The fourth-order valence-electron chi connectivity index (χ4n) is 2.59. The Labute approximate surface area is 196 Å². The van der Waals surface area contributed by atoms with Gasteiger partial charge in [0.2, 0.25) is 0 Å². The smallest absolute Gasteiger partial charge is 0.256 e. The number of nitrogens with zero attached hydrogens (tertiary/aromatic N) is 2. The van der Waals surface area contributed by atoms with Crippen LogP contribution in [0.3, 0.4) is 0 Å². The van der Waals surface area contributed by atoms with Gasteiger partial charge in [-0.1, -0.05) is 25.3 Å². The summed E-state index contributed by atoms with van der Waals surface area (Å²) in [6.45, 7) is 1.94. The molecule has 3 unspecified atom stereocenters. The summed E-state index contributed by atoms with van der Waals surface area (Å²) < 4.78 is 0.435. The number of hydrogen-bond acceptors (Lipinski definition) is 6. The first-order valence-electron chi connectivity index (χ1n) is 7.95. The molecule has 3 atom stereocenters. The van der Waals surface area contributed by atoms with Crippen molar-refractivity contribution in [2.24, 2.45) is 0 Å². The number of benzene rings is 1. The molecule has 3 rings (SSSR count). The third-order valence-electron chi connectivity index (χ3n) is 3.90. The number of anilines is 1. The number of thiazole rings is 1. The minimum Gasteiger partial charge on any atom is -0.388 e. The van der Waals surface area contributed by atoms with Crippen molar-refractivity contribution in [1.82, 2.24) is 4.98 Å². The molecule has 1 saturated heterocycles. The topological polar surface area (TPSA) is 53.4 Å². The summed E-state index contributed by atoms with van der Waals surface area (Å²) in [6.07, 6.45) is 2.69. The van der Waals surface area contributed by atoms with Crippen LogP contribution in [0, 0.1) is 5.38 Å². The number of halogens is 1. The van der Waals surface area contributed by atoms with Crippen LogP contribution < -0.4 is 4.90 Å². The molecule has 9 heteroatoms. The van der Waals surface area contributed by atoms with Gasteiger partial charge in [0.05, 0.1) is 11.5 Å². The molecule has 1 aliphatic rings. The summed E-state index contributed by atoms with van der Waals surface area (Å²) >= 11 is 10.8. The fraction of sp³-hybridized carbons (Fsp3) is 0.412. The predicted molar refractivity (Wildman–Crippen MR) is 106 cm³/mol. The number of hydrogen-bond donors (Lipinski definition) is 1.